The molecule has 2 rings (SSSR count). The molecule has 0 fully saturated rings. The van der Waals surface area contributed by atoms with Gasteiger partial charge in [0, 0.05) is 29.9 Å². The Morgan fingerprint density at radius 2 is 2.24 bits per heavy atom. The van der Waals surface area contributed by atoms with Crippen LogP contribution in [0.3, 0.4) is 0 Å². The highest BCUT2D eigenvalue weighted by Crippen LogP contribution is 2.30. The van der Waals surface area contributed by atoms with Crippen LogP contribution in [0.25, 0.3) is 0 Å². The highest BCUT2D eigenvalue weighted by molar-refractivity contribution is 7.87. The fraction of sp³-hybridized carbons (Fsp3) is 0.615. The molecule has 118 valence electrons. The van der Waals surface area contributed by atoms with Gasteiger partial charge in [-0.05, 0) is 30.9 Å². The van der Waals surface area contributed by atoms with Crippen LogP contribution >= 0.6 is 11.3 Å². The summed E-state index contributed by atoms with van der Waals surface area (Å²) in [6.45, 7) is 0.394. The van der Waals surface area contributed by atoms with Crippen LogP contribution in [0.1, 0.15) is 28.2 Å². The number of thiophene rings is 1. The minimum Gasteiger partial charge on any atom is -0.469 e. The number of ether oxygens (including phenoxy) is 1. The van der Waals surface area contributed by atoms with E-state index in [1.807, 2.05) is 0 Å². The van der Waals surface area contributed by atoms with Gasteiger partial charge in [0.05, 0.1) is 13.5 Å². The summed E-state index contributed by atoms with van der Waals surface area (Å²) in [5.41, 5.74) is 1.35. The standard InChI is InChI=1S/C13H20N2O4S2/c1-15(7-6-13(16)19-2)21(17,18)14-9-11-8-10-4-3-5-12(10)20-11/h8,14H,3-7,9H2,1-2H3. The smallest absolute Gasteiger partial charge is 0.306 e. The molecule has 1 heterocycles. The highest BCUT2D eigenvalue weighted by Gasteiger charge is 2.20. The Kier molecular flexibility index (Phi) is 5.37. The lowest BCUT2D eigenvalue weighted by Gasteiger charge is -2.16. The molecule has 0 bridgehead atoms. The number of esters is 1. The molecule has 0 radical (unpaired) electrons. The van der Waals surface area contributed by atoms with E-state index in [9.17, 15) is 13.2 Å². The van der Waals surface area contributed by atoms with E-state index in [-0.39, 0.29) is 13.0 Å². The van der Waals surface area contributed by atoms with E-state index in [1.165, 1.54) is 31.0 Å². The third-order valence-corrected chi connectivity index (χ3v) is 6.24. The van der Waals surface area contributed by atoms with Crippen LogP contribution in [0.15, 0.2) is 6.07 Å². The number of aryl methyl sites for hydroxylation is 2. The van der Waals surface area contributed by atoms with Crippen molar-refractivity contribution in [2.75, 3.05) is 20.7 Å². The van der Waals surface area contributed by atoms with Gasteiger partial charge in [0.15, 0.2) is 0 Å². The van der Waals surface area contributed by atoms with Crippen LogP contribution in [0.2, 0.25) is 0 Å². The number of methoxy groups -OCH3 is 1. The molecule has 0 aliphatic heterocycles. The zero-order chi connectivity index (χ0) is 15.5. The fourth-order valence-corrected chi connectivity index (χ4v) is 4.40. The van der Waals surface area contributed by atoms with Crippen LogP contribution in [0.5, 0.6) is 0 Å². The van der Waals surface area contributed by atoms with Gasteiger partial charge >= 0.3 is 5.97 Å². The number of nitrogens with zero attached hydrogens (tertiary/aromatic N) is 1. The molecule has 0 atom stereocenters. The largest absolute Gasteiger partial charge is 0.469 e. The summed E-state index contributed by atoms with van der Waals surface area (Å²) in [6, 6.07) is 2.09. The second kappa shape index (κ2) is 6.87. The summed E-state index contributed by atoms with van der Waals surface area (Å²) in [4.78, 5) is 13.4. The van der Waals surface area contributed by atoms with Crippen molar-refractivity contribution in [3.8, 4) is 0 Å². The van der Waals surface area contributed by atoms with Crippen LogP contribution in [0, 0.1) is 0 Å². The zero-order valence-corrected chi connectivity index (χ0v) is 13.8. The van der Waals surface area contributed by atoms with Gasteiger partial charge in [-0.2, -0.15) is 17.4 Å². The quantitative estimate of drug-likeness (QED) is 0.758. The van der Waals surface area contributed by atoms with E-state index in [4.69, 9.17) is 0 Å². The molecule has 1 aromatic heterocycles. The van der Waals surface area contributed by atoms with Crippen LogP contribution in [-0.2, 0) is 39.1 Å². The summed E-state index contributed by atoms with van der Waals surface area (Å²) in [5, 5.41) is 0. The van der Waals surface area contributed by atoms with Gasteiger partial charge in [-0.3, -0.25) is 4.79 Å². The van der Waals surface area contributed by atoms with E-state index < -0.39 is 16.2 Å². The molecule has 0 amide bonds. The molecule has 0 saturated heterocycles. The molecule has 0 saturated carbocycles. The maximum Gasteiger partial charge on any atom is 0.306 e. The fourth-order valence-electron chi connectivity index (χ4n) is 2.22. The Hall–Kier alpha value is -0.960. The average molecular weight is 332 g/mol. The van der Waals surface area contributed by atoms with Crippen molar-refractivity contribution in [2.24, 2.45) is 0 Å². The van der Waals surface area contributed by atoms with Crippen molar-refractivity contribution in [2.45, 2.75) is 32.2 Å². The first-order valence-corrected chi connectivity index (χ1v) is 9.06. The number of carbonyl (C=O) groups is 1. The molecule has 1 aliphatic rings. The van der Waals surface area contributed by atoms with Gasteiger partial charge in [-0.15, -0.1) is 11.3 Å². The maximum absolute atomic E-state index is 12.0. The van der Waals surface area contributed by atoms with Gasteiger partial charge < -0.3 is 4.74 Å². The van der Waals surface area contributed by atoms with Crippen molar-refractivity contribution in [3.05, 3.63) is 21.4 Å². The summed E-state index contributed by atoms with van der Waals surface area (Å²) >= 11 is 1.68. The van der Waals surface area contributed by atoms with E-state index >= 15 is 0 Å². The Balaban J connectivity index is 1.86. The molecule has 8 heteroatoms. The number of rotatable bonds is 7. The third kappa shape index (κ3) is 4.26. The normalized spacial score (nSPS) is 14.4. The van der Waals surface area contributed by atoms with Crippen LogP contribution in [0.4, 0.5) is 0 Å². The predicted octanol–water partition coefficient (Wildman–Crippen LogP) is 1.07. The van der Waals surface area contributed by atoms with Gasteiger partial charge in [0.2, 0.25) is 0 Å². The molecule has 1 aliphatic carbocycles. The Bertz CT molecular complexity index is 588. The van der Waals surface area contributed by atoms with Gasteiger partial charge in [-0.25, -0.2) is 0 Å². The van der Waals surface area contributed by atoms with Crippen molar-refractivity contribution in [1.29, 1.82) is 0 Å². The summed E-state index contributed by atoms with van der Waals surface area (Å²) in [5.74, 6) is -0.424. The van der Waals surface area contributed by atoms with Crippen molar-refractivity contribution in [3.63, 3.8) is 0 Å². The first-order chi connectivity index (χ1) is 9.92. The van der Waals surface area contributed by atoms with Crippen molar-refractivity contribution in [1.82, 2.24) is 9.03 Å². The minimum atomic E-state index is -3.57. The summed E-state index contributed by atoms with van der Waals surface area (Å²) < 4.78 is 32.3. The first kappa shape index (κ1) is 16.4. The monoisotopic (exact) mass is 332 g/mol. The molecule has 0 spiro atoms. The van der Waals surface area contributed by atoms with Gasteiger partial charge in [0.25, 0.3) is 10.2 Å². The molecule has 0 unspecified atom stereocenters. The van der Waals surface area contributed by atoms with E-state index in [0.29, 0.717) is 6.54 Å². The Labute approximate surface area is 129 Å². The SMILES string of the molecule is COC(=O)CCN(C)S(=O)(=O)NCc1cc2c(s1)CCC2. The highest BCUT2D eigenvalue weighted by atomic mass is 32.2. The Morgan fingerprint density at radius 3 is 2.90 bits per heavy atom. The Morgan fingerprint density at radius 1 is 1.48 bits per heavy atom. The summed E-state index contributed by atoms with van der Waals surface area (Å²) in [7, 11) is -0.845. The van der Waals surface area contributed by atoms with E-state index in [0.717, 1.165) is 22.0 Å². The second-order valence-electron chi connectivity index (χ2n) is 4.99. The van der Waals surface area contributed by atoms with E-state index in [2.05, 4.69) is 15.5 Å². The zero-order valence-electron chi connectivity index (χ0n) is 12.2. The number of fused-ring (bicyclic) bond motifs is 1. The lowest BCUT2D eigenvalue weighted by molar-refractivity contribution is -0.140. The predicted molar refractivity (Wildman–Crippen MR) is 81.4 cm³/mol. The van der Waals surface area contributed by atoms with Crippen LogP contribution in [-0.4, -0.2) is 39.4 Å². The minimum absolute atomic E-state index is 0.0429. The second-order valence-corrected chi connectivity index (χ2v) is 8.07. The average Bonchev–Trinajstić information content (AvgIpc) is 3.03. The topological polar surface area (TPSA) is 75.7 Å². The molecule has 0 aromatic carbocycles. The number of hydrogen-bond acceptors (Lipinski definition) is 5. The summed E-state index contributed by atoms with van der Waals surface area (Å²) in [6.07, 6.45) is 3.44. The number of carbonyl (C=O) groups excluding carboxylic acids is 1. The maximum atomic E-state index is 12.0. The molecule has 6 nitrogen and oxygen atoms in total. The molecule has 1 aromatic rings. The number of hydrogen-bond donors (Lipinski definition) is 1. The first-order valence-electron chi connectivity index (χ1n) is 6.80. The lowest BCUT2D eigenvalue weighted by Crippen LogP contribution is -2.38. The molecular formula is C13H20N2O4S2. The molecule has 1 N–H and O–H groups in total. The van der Waals surface area contributed by atoms with E-state index in [1.54, 1.807) is 11.3 Å². The third-order valence-electron chi connectivity index (χ3n) is 3.50. The van der Waals surface area contributed by atoms with Gasteiger partial charge in [0.1, 0.15) is 0 Å². The van der Waals surface area contributed by atoms with Crippen molar-refractivity contribution < 1.29 is 17.9 Å². The van der Waals surface area contributed by atoms with Crippen molar-refractivity contribution >= 4 is 27.5 Å². The van der Waals surface area contributed by atoms with Crippen LogP contribution < -0.4 is 4.72 Å². The lowest BCUT2D eigenvalue weighted by atomic mass is 10.2. The molecule has 21 heavy (non-hydrogen) atoms. The molecular weight excluding hydrogens is 312 g/mol. The van der Waals surface area contributed by atoms with Gasteiger partial charge in [-0.1, -0.05) is 0 Å². The number of nitrogens with one attached hydrogen (secondary N) is 1.